The maximum atomic E-state index is 12.9. The Morgan fingerprint density at radius 1 is 0.875 bits per heavy atom. The minimum absolute atomic E-state index is 0.163. The standard InChI is InChI=1S/C16H14F3N5/c17-16(18,19)15-23-12-6-2-1-5-11(12)14(24-15)22-10-9-21-13-7-3-4-8-20-13/h1-8H,9-10H2,(H,20,21)(H,22,23,24). The van der Waals surface area contributed by atoms with Gasteiger partial charge in [-0.3, -0.25) is 0 Å². The molecular weight excluding hydrogens is 319 g/mol. The molecule has 24 heavy (non-hydrogen) atoms. The van der Waals surface area contributed by atoms with E-state index in [1.807, 2.05) is 12.1 Å². The van der Waals surface area contributed by atoms with Gasteiger partial charge < -0.3 is 10.6 Å². The summed E-state index contributed by atoms with van der Waals surface area (Å²) in [4.78, 5) is 11.3. The molecule has 8 heteroatoms. The van der Waals surface area contributed by atoms with Crippen LogP contribution >= 0.6 is 0 Å². The highest BCUT2D eigenvalue weighted by molar-refractivity contribution is 5.89. The molecule has 2 aromatic heterocycles. The molecule has 0 aliphatic rings. The molecule has 5 nitrogen and oxygen atoms in total. The van der Waals surface area contributed by atoms with E-state index in [2.05, 4.69) is 25.6 Å². The Labute approximate surface area is 136 Å². The van der Waals surface area contributed by atoms with Gasteiger partial charge in [0.1, 0.15) is 11.6 Å². The van der Waals surface area contributed by atoms with Gasteiger partial charge in [0.25, 0.3) is 0 Å². The summed E-state index contributed by atoms with van der Waals surface area (Å²) in [6, 6.07) is 12.0. The Morgan fingerprint density at radius 3 is 2.38 bits per heavy atom. The molecule has 0 radical (unpaired) electrons. The van der Waals surface area contributed by atoms with Crippen molar-refractivity contribution in [2.75, 3.05) is 23.7 Å². The predicted octanol–water partition coefficient (Wildman–Crippen LogP) is 3.57. The van der Waals surface area contributed by atoms with Gasteiger partial charge in [0, 0.05) is 24.7 Å². The van der Waals surface area contributed by atoms with E-state index in [9.17, 15) is 13.2 Å². The minimum Gasteiger partial charge on any atom is -0.368 e. The molecule has 0 bridgehead atoms. The van der Waals surface area contributed by atoms with Crippen LogP contribution in [0.2, 0.25) is 0 Å². The van der Waals surface area contributed by atoms with E-state index in [1.54, 1.807) is 30.5 Å². The Hall–Kier alpha value is -2.90. The topological polar surface area (TPSA) is 62.7 Å². The van der Waals surface area contributed by atoms with E-state index in [4.69, 9.17) is 0 Å². The molecule has 3 aromatic rings. The molecule has 124 valence electrons. The van der Waals surface area contributed by atoms with Crippen molar-refractivity contribution in [1.29, 1.82) is 0 Å². The fraction of sp³-hybridized carbons (Fsp3) is 0.188. The van der Waals surface area contributed by atoms with Gasteiger partial charge in [-0.25, -0.2) is 15.0 Å². The van der Waals surface area contributed by atoms with Gasteiger partial charge in [0.05, 0.1) is 5.52 Å². The van der Waals surface area contributed by atoms with Crippen molar-refractivity contribution in [2.45, 2.75) is 6.18 Å². The number of aromatic nitrogens is 3. The zero-order valence-corrected chi connectivity index (χ0v) is 12.5. The van der Waals surface area contributed by atoms with Gasteiger partial charge in [-0.2, -0.15) is 13.2 Å². The van der Waals surface area contributed by atoms with Crippen LogP contribution in [0.1, 0.15) is 5.82 Å². The molecule has 0 aliphatic heterocycles. The molecule has 2 N–H and O–H groups in total. The number of nitrogens with one attached hydrogen (secondary N) is 2. The van der Waals surface area contributed by atoms with Crippen LogP contribution in [0.5, 0.6) is 0 Å². The first-order valence-electron chi connectivity index (χ1n) is 7.27. The van der Waals surface area contributed by atoms with Crippen LogP contribution in [0.4, 0.5) is 24.8 Å². The maximum absolute atomic E-state index is 12.9. The van der Waals surface area contributed by atoms with E-state index in [-0.39, 0.29) is 11.3 Å². The fourth-order valence-corrected chi connectivity index (χ4v) is 2.18. The number of hydrogen-bond donors (Lipinski definition) is 2. The molecule has 0 unspecified atom stereocenters. The van der Waals surface area contributed by atoms with Crippen LogP contribution in [0, 0.1) is 0 Å². The molecule has 0 fully saturated rings. The second kappa shape index (κ2) is 6.69. The average molecular weight is 333 g/mol. The van der Waals surface area contributed by atoms with E-state index >= 15 is 0 Å². The number of nitrogens with zero attached hydrogens (tertiary/aromatic N) is 3. The van der Waals surface area contributed by atoms with Gasteiger partial charge in [-0.1, -0.05) is 18.2 Å². The first-order valence-corrected chi connectivity index (χ1v) is 7.27. The van der Waals surface area contributed by atoms with E-state index in [0.29, 0.717) is 24.3 Å². The number of para-hydroxylation sites is 1. The molecular formula is C16H14F3N5. The quantitative estimate of drug-likeness (QED) is 0.699. The smallest absolute Gasteiger partial charge is 0.368 e. The highest BCUT2D eigenvalue weighted by atomic mass is 19.4. The fourth-order valence-electron chi connectivity index (χ4n) is 2.18. The van der Waals surface area contributed by atoms with Gasteiger partial charge in [-0.15, -0.1) is 0 Å². The SMILES string of the molecule is FC(F)(F)c1nc(NCCNc2ccccn2)c2ccccc2n1. The summed E-state index contributed by atoms with van der Waals surface area (Å²) in [6.07, 6.45) is -2.93. The third-order valence-electron chi connectivity index (χ3n) is 3.25. The number of anilines is 2. The Morgan fingerprint density at radius 2 is 1.62 bits per heavy atom. The van der Waals surface area contributed by atoms with Crippen molar-refractivity contribution in [2.24, 2.45) is 0 Å². The number of hydrogen-bond acceptors (Lipinski definition) is 5. The summed E-state index contributed by atoms with van der Waals surface area (Å²) in [5, 5.41) is 6.54. The Kier molecular flexibility index (Phi) is 4.45. The summed E-state index contributed by atoms with van der Waals surface area (Å²) in [6.45, 7) is 0.867. The number of fused-ring (bicyclic) bond motifs is 1. The predicted molar refractivity (Wildman–Crippen MR) is 85.8 cm³/mol. The lowest BCUT2D eigenvalue weighted by atomic mass is 10.2. The van der Waals surface area contributed by atoms with Crippen LogP contribution in [0.25, 0.3) is 10.9 Å². The Balaban J connectivity index is 1.75. The van der Waals surface area contributed by atoms with Gasteiger partial charge >= 0.3 is 6.18 Å². The summed E-state index contributed by atoms with van der Waals surface area (Å²) in [7, 11) is 0. The van der Waals surface area contributed by atoms with Crippen molar-refractivity contribution >= 4 is 22.5 Å². The molecule has 0 spiro atoms. The molecule has 0 atom stereocenters. The summed E-state index contributed by atoms with van der Waals surface area (Å²) < 4.78 is 38.8. The molecule has 0 saturated carbocycles. The normalized spacial score (nSPS) is 11.5. The largest absolute Gasteiger partial charge is 0.451 e. The van der Waals surface area contributed by atoms with Crippen LogP contribution in [0.15, 0.2) is 48.7 Å². The third kappa shape index (κ3) is 3.70. The minimum atomic E-state index is -4.59. The summed E-state index contributed by atoms with van der Waals surface area (Å²) in [5.74, 6) is -0.292. The zero-order chi connectivity index (χ0) is 17.0. The molecule has 1 aromatic carbocycles. The number of pyridine rings is 1. The van der Waals surface area contributed by atoms with Crippen LogP contribution in [0.3, 0.4) is 0 Å². The number of rotatable bonds is 5. The van der Waals surface area contributed by atoms with Crippen LogP contribution in [-0.2, 0) is 6.18 Å². The van der Waals surface area contributed by atoms with E-state index in [0.717, 1.165) is 0 Å². The van der Waals surface area contributed by atoms with Crippen molar-refractivity contribution < 1.29 is 13.2 Å². The lowest BCUT2D eigenvalue weighted by Crippen LogP contribution is -2.17. The number of benzene rings is 1. The molecule has 2 heterocycles. The molecule has 0 saturated heterocycles. The first kappa shape index (κ1) is 16.0. The molecule has 3 rings (SSSR count). The van der Waals surface area contributed by atoms with Crippen LogP contribution < -0.4 is 10.6 Å². The van der Waals surface area contributed by atoms with Crippen molar-refractivity contribution in [3.05, 3.63) is 54.5 Å². The van der Waals surface area contributed by atoms with Gasteiger partial charge in [0.15, 0.2) is 0 Å². The van der Waals surface area contributed by atoms with E-state index < -0.39 is 12.0 Å². The highest BCUT2D eigenvalue weighted by Crippen LogP contribution is 2.30. The average Bonchev–Trinajstić information content (AvgIpc) is 2.58. The second-order valence-corrected chi connectivity index (χ2v) is 4.98. The van der Waals surface area contributed by atoms with E-state index in [1.165, 1.54) is 6.07 Å². The van der Waals surface area contributed by atoms with Crippen molar-refractivity contribution in [1.82, 2.24) is 15.0 Å². The first-order chi connectivity index (χ1) is 11.5. The lowest BCUT2D eigenvalue weighted by molar-refractivity contribution is -0.144. The van der Waals surface area contributed by atoms with Gasteiger partial charge in [-0.05, 0) is 24.3 Å². The van der Waals surface area contributed by atoms with Crippen LogP contribution in [-0.4, -0.2) is 28.0 Å². The second-order valence-electron chi connectivity index (χ2n) is 4.98. The van der Waals surface area contributed by atoms with Crippen molar-refractivity contribution in [3.63, 3.8) is 0 Å². The number of alkyl halides is 3. The maximum Gasteiger partial charge on any atom is 0.451 e. The van der Waals surface area contributed by atoms with Crippen molar-refractivity contribution in [3.8, 4) is 0 Å². The van der Waals surface area contributed by atoms with Gasteiger partial charge in [0.2, 0.25) is 5.82 Å². The molecule has 0 aliphatic carbocycles. The Bertz CT molecular complexity index is 821. The highest BCUT2D eigenvalue weighted by Gasteiger charge is 2.35. The third-order valence-corrected chi connectivity index (χ3v) is 3.25. The number of halogens is 3. The zero-order valence-electron chi connectivity index (χ0n) is 12.5. The summed E-state index contributed by atoms with van der Waals surface area (Å²) in [5.41, 5.74) is 0.250. The summed E-state index contributed by atoms with van der Waals surface area (Å²) >= 11 is 0. The molecule has 0 amide bonds. The monoisotopic (exact) mass is 333 g/mol. The lowest BCUT2D eigenvalue weighted by Gasteiger charge is -2.12.